The molecule has 1 aromatic carbocycles. The Morgan fingerprint density at radius 2 is 1.23 bits per heavy atom. The number of phenols is 1. The summed E-state index contributed by atoms with van der Waals surface area (Å²) in [4.78, 5) is 11.6. The van der Waals surface area contributed by atoms with Crippen molar-refractivity contribution in [2.24, 2.45) is 0 Å². The summed E-state index contributed by atoms with van der Waals surface area (Å²) in [7, 11) is 0. The van der Waals surface area contributed by atoms with Gasteiger partial charge >= 0.3 is 5.97 Å². The van der Waals surface area contributed by atoms with E-state index in [-0.39, 0.29) is 11.9 Å². The van der Waals surface area contributed by atoms with Crippen molar-refractivity contribution >= 4 is 5.97 Å². The van der Waals surface area contributed by atoms with E-state index in [1.807, 2.05) is 6.92 Å². The summed E-state index contributed by atoms with van der Waals surface area (Å²) >= 11 is 0. The van der Waals surface area contributed by atoms with Gasteiger partial charge in [-0.15, -0.1) is 0 Å². The fourth-order valence-corrected chi connectivity index (χ4v) is 4.07. The maximum absolute atomic E-state index is 11.6. The van der Waals surface area contributed by atoms with Crippen LogP contribution in [0.1, 0.15) is 128 Å². The number of ether oxygens (including phenoxy) is 1. The first-order chi connectivity index (χ1) is 15.1. The molecule has 0 aliphatic carbocycles. The largest absolute Gasteiger partial charge is 0.508 e. The zero-order chi connectivity index (χ0) is 22.7. The minimum Gasteiger partial charge on any atom is -0.508 e. The zero-order valence-corrected chi connectivity index (χ0v) is 20.0. The van der Waals surface area contributed by atoms with E-state index < -0.39 is 12.1 Å². The summed E-state index contributed by atoms with van der Waals surface area (Å²) < 4.78 is 5.92. The highest BCUT2D eigenvalue weighted by Crippen LogP contribution is 2.26. The average Bonchev–Trinajstić information content (AvgIpc) is 2.76. The standard InChI is InChI=1S/C27H46O4/c1-3-5-6-7-8-9-10-11-12-13-14-15-16-17-18-26(27(29)30)31-25(4-2)23-19-21-24(28)22-20-23/h19-22,25-26,28H,3-18H2,1-2H3,(H,29,30). The third-order valence-corrected chi connectivity index (χ3v) is 6.06. The molecule has 0 radical (unpaired) electrons. The molecule has 1 aromatic rings. The van der Waals surface area contributed by atoms with Gasteiger partial charge in [-0.3, -0.25) is 0 Å². The molecule has 0 amide bonds. The summed E-state index contributed by atoms with van der Waals surface area (Å²) in [5, 5.41) is 19.0. The van der Waals surface area contributed by atoms with Crippen LogP contribution < -0.4 is 0 Å². The Kier molecular flexibility index (Phi) is 16.0. The molecule has 2 atom stereocenters. The molecule has 0 spiro atoms. The molecule has 178 valence electrons. The Bertz CT molecular complexity index is 555. The molecule has 0 aliphatic heterocycles. The molecular weight excluding hydrogens is 388 g/mol. The summed E-state index contributed by atoms with van der Waals surface area (Å²) in [6.07, 6.45) is 18.3. The molecule has 1 rings (SSSR count). The van der Waals surface area contributed by atoms with E-state index in [0.29, 0.717) is 12.8 Å². The van der Waals surface area contributed by atoms with Crippen LogP contribution in [-0.2, 0) is 9.53 Å². The van der Waals surface area contributed by atoms with E-state index in [1.165, 1.54) is 77.0 Å². The fourth-order valence-electron chi connectivity index (χ4n) is 4.07. The molecule has 4 heteroatoms. The average molecular weight is 435 g/mol. The number of unbranched alkanes of at least 4 members (excludes halogenated alkanes) is 13. The van der Waals surface area contributed by atoms with Crippen molar-refractivity contribution in [2.45, 2.75) is 129 Å². The summed E-state index contributed by atoms with van der Waals surface area (Å²) in [6, 6.07) is 6.83. The highest BCUT2D eigenvalue weighted by atomic mass is 16.5. The van der Waals surface area contributed by atoms with E-state index in [0.717, 1.165) is 18.4 Å². The van der Waals surface area contributed by atoms with Crippen molar-refractivity contribution in [1.29, 1.82) is 0 Å². The number of aliphatic carboxylic acids is 1. The second-order valence-corrected chi connectivity index (χ2v) is 8.84. The Balaban J connectivity index is 2.10. The highest BCUT2D eigenvalue weighted by Gasteiger charge is 2.22. The van der Waals surface area contributed by atoms with Crippen molar-refractivity contribution in [3.8, 4) is 5.75 Å². The second kappa shape index (κ2) is 18.1. The normalized spacial score (nSPS) is 13.2. The van der Waals surface area contributed by atoms with Crippen LogP contribution in [0.4, 0.5) is 0 Å². The van der Waals surface area contributed by atoms with E-state index in [1.54, 1.807) is 24.3 Å². The van der Waals surface area contributed by atoms with E-state index in [2.05, 4.69) is 6.92 Å². The maximum Gasteiger partial charge on any atom is 0.332 e. The molecule has 4 nitrogen and oxygen atoms in total. The van der Waals surface area contributed by atoms with Crippen molar-refractivity contribution in [3.05, 3.63) is 29.8 Å². The Morgan fingerprint density at radius 1 is 0.774 bits per heavy atom. The molecular formula is C27H46O4. The molecule has 0 saturated carbocycles. The van der Waals surface area contributed by atoms with Crippen LogP contribution in [0.25, 0.3) is 0 Å². The first-order valence-corrected chi connectivity index (χ1v) is 12.8. The van der Waals surface area contributed by atoms with Gasteiger partial charge in [0, 0.05) is 0 Å². The number of hydrogen-bond donors (Lipinski definition) is 2. The second-order valence-electron chi connectivity index (χ2n) is 8.84. The molecule has 0 heterocycles. The number of carboxylic acids is 1. The molecule has 0 aromatic heterocycles. The number of aromatic hydroxyl groups is 1. The lowest BCUT2D eigenvalue weighted by molar-refractivity contribution is -0.155. The zero-order valence-electron chi connectivity index (χ0n) is 20.0. The molecule has 31 heavy (non-hydrogen) atoms. The molecule has 0 aliphatic rings. The predicted molar refractivity (Wildman–Crippen MR) is 129 cm³/mol. The van der Waals surface area contributed by atoms with Crippen LogP contribution in [0, 0.1) is 0 Å². The van der Waals surface area contributed by atoms with Gasteiger partial charge in [0.15, 0.2) is 6.10 Å². The van der Waals surface area contributed by atoms with Crippen LogP contribution in [-0.4, -0.2) is 22.3 Å². The number of benzene rings is 1. The first-order valence-electron chi connectivity index (χ1n) is 12.8. The predicted octanol–water partition coefficient (Wildman–Crippen LogP) is 8.18. The van der Waals surface area contributed by atoms with Crippen molar-refractivity contribution < 1.29 is 19.7 Å². The van der Waals surface area contributed by atoms with Crippen molar-refractivity contribution in [3.63, 3.8) is 0 Å². The molecule has 2 unspecified atom stereocenters. The van der Waals surface area contributed by atoms with Crippen LogP contribution in [0.15, 0.2) is 24.3 Å². The van der Waals surface area contributed by atoms with Crippen LogP contribution in [0.5, 0.6) is 5.75 Å². The van der Waals surface area contributed by atoms with Gasteiger partial charge in [-0.05, 0) is 30.5 Å². The SMILES string of the molecule is CCCCCCCCCCCCCCCCC(OC(CC)c1ccc(O)cc1)C(=O)O. The van der Waals surface area contributed by atoms with Gasteiger partial charge in [-0.1, -0.05) is 116 Å². The van der Waals surface area contributed by atoms with Gasteiger partial charge in [0.1, 0.15) is 5.75 Å². The quantitative estimate of drug-likeness (QED) is 0.203. The van der Waals surface area contributed by atoms with Crippen LogP contribution in [0.3, 0.4) is 0 Å². The number of carboxylic acid groups (broad SMARTS) is 1. The molecule has 0 saturated heterocycles. The third-order valence-electron chi connectivity index (χ3n) is 6.06. The van der Waals surface area contributed by atoms with Crippen molar-refractivity contribution in [1.82, 2.24) is 0 Å². The molecule has 0 fully saturated rings. The van der Waals surface area contributed by atoms with Gasteiger partial charge in [0.25, 0.3) is 0 Å². The highest BCUT2D eigenvalue weighted by molar-refractivity contribution is 5.72. The molecule has 0 bridgehead atoms. The third kappa shape index (κ3) is 13.5. The number of rotatable bonds is 20. The van der Waals surface area contributed by atoms with E-state index in [4.69, 9.17) is 4.74 Å². The summed E-state index contributed by atoms with van der Waals surface area (Å²) in [6.45, 7) is 4.25. The summed E-state index contributed by atoms with van der Waals surface area (Å²) in [5.74, 6) is -0.678. The van der Waals surface area contributed by atoms with Gasteiger partial charge in [-0.2, -0.15) is 0 Å². The summed E-state index contributed by atoms with van der Waals surface area (Å²) in [5.41, 5.74) is 0.910. The topological polar surface area (TPSA) is 66.8 Å². The fraction of sp³-hybridized carbons (Fsp3) is 0.741. The maximum atomic E-state index is 11.6. The van der Waals surface area contributed by atoms with Crippen LogP contribution in [0.2, 0.25) is 0 Å². The van der Waals surface area contributed by atoms with Crippen molar-refractivity contribution in [2.75, 3.05) is 0 Å². The lowest BCUT2D eigenvalue weighted by Crippen LogP contribution is -2.26. The first kappa shape index (κ1) is 27.5. The minimum absolute atomic E-state index is 0.204. The van der Waals surface area contributed by atoms with Gasteiger partial charge in [0.05, 0.1) is 6.10 Å². The smallest absolute Gasteiger partial charge is 0.332 e. The number of carbonyl (C=O) groups is 1. The van der Waals surface area contributed by atoms with E-state index in [9.17, 15) is 15.0 Å². The molecule has 2 N–H and O–H groups in total. The van der Waals surface area contributed by atoms with Gasteiger partial charge < -0.3 is 14.9 Å². The number of hydrogen-bond acceptors (Lipinski definition) is 3. The van der Waals surface area contributed by atoms with Crippen LogP contribution >= 0.6 is 0 Å². The Labute approximate surface area is 190 Å². The van der Waals surface area contributed by atoms with Gasteiger partial charge in [0.2, 0.25) is 0 Å². The lowest BCUT2D eigenvalue weighted by atomic mass is 10.0. The Morgan fingerprint density at radius 3 is 1.65 bits per heavy atom. The monoisotopic (exact) mass is 434 g/mol. The Hall–Kier alpha value is -1.55. The van der Waals surface area contributed by atoms with Gasteiger partial charge in [-0.25, -0.2) is 4.79 Å². The van der Waals surface area contributed by atoms with E-state index >= 15 is 0 Å². The lowest BCUT2D eigenvalue weighted by Gasteiger charge is -2.22. The number of phenolic OH excluding ortho intramolecular Hbond substituents is 1. The minimum atomic E-state index is -0.882.